The molecule has 2 aromatic rings. The third kappa shape index (κ3) is 6.60. The lowest BCUT2D eigenvalue weighted by atomic mass is 10.2. The molecule has 0 aliphatic heterocycles. The van der Waals surface area contributed by atoms with Gasteiger partial charge in [-0.05, 0) is 62.2 Å². The number of rotatable bonds is 8. The van der Waals surface area contributed by atoms with Gasteiger partial charge in [0.15, 0.2) is 0 Å². The van der Waals surface area contributed by atoms with Crippen molar-refractivity contribution in [2.75, 3.05) is 6.54 Å². The van der Waals surface area contributed by atoms with E-state index in [9.17, 15) is 13.2 Å². The number of amidine groups is 1. The van der Waals surface area contributed by atoms with Crippen LogP contribution in [-0.2, 0) is 10.0 Å². The zero-order valence-electron chi connectivity index (χ0n) is 18.4. The zero-order chi connectivity index (χ0) is 24.8. The number of nitrogens with zero attached hydrogens (tertiary/aromatic N) is 2. The van der Waals surface area contributed by atoms with Crippen molar-refractivity contribution >= 4 is 56.6 Å². The van der Waals surface area contributed by atoms with Gasteiger partial charge < -0.3 is 5.32 Å². The molecule has 0 unspecified atom stereocenters. The van der Waals surface area contributed by atoms with Crippen LogP contribution in [0, 0.1) is 0 Å². The molecule has 0 aliphatic rings. The number of carbonyl (C=O) groups is 1. The largest absolute Gasteiger partial charge is 0.306 e. The minimum absolute atomic E-state index is 0.0319. The Bertz CT molecular complexity index is 1200. The van der Waals surface area contributed by atoms with Gasteiger partial charge in [0.1, 0.15) is 11.7 Å². The molecule has 0 fully saturated rings. The van der Waals surface area contributed by atoms with Crippen LogP contribution in [0.15, 0.2) is 76.4 Å². The number of amides is 1. The topological polar surface area (TPSA) is 78.8 Å². The molecule has 0 saturated heterocycles. The van der Waals surface area contributed by atoms with Gasteiger partial charge in [0, 0.05) is 11.6 Å². The molecule has 0 heterocycles. The molecular formula is C23H24Cl3N3O3S. The lowest BCUT2D eigenvalue weighted by molar-refractivity contribution is 0.0977. The van der Waals surface area contributed by atoms with E-state index in [2.05, 4.69) is 16.9 Å². The first-order chi connectivity index (χ1) is 15.5. The summed E-state index contributed by atoms with van der Waals surface area (Å²) >= 11 is 18.3. The first-order valence-electron chi connectivity index (χ1n) is 9.95. The first-order valence-corrected chi connectivity index (χ1v) is 12.5. The molecule has 0 aliphatic carbocycles. The van der Waals surface area contributed by atoms with Gasteiger partial charge in [-0.15, -0.1) is 0 Å². The lowest BCUT2D eigenvalue weighted by Gasteiger charge is -2.26. The number of benzene rings is 2. The van der Waals surface area contributed by atoms with Gasteiger partial charge in [0.25, 0.3) is 15.9 Å². The summed E-state index contributed by atoms with van der Waals surface area (Å²) in [7, 11) is -3.98. The van der Waals surface area contributed by atoms with Crippen LogP contribution in [-0.4, -0.2) is 31.0 Å². The fourth-order valence-electron chi connectivity index (χ4n) is 2.85. The highest BCUT2D eigenvalue weighted by molar-refractivity contribution is 7.89. The number of nitrogens with one attached hydrogen (secondary N) is 1. The number of sulfonamides is 1. The molecule has 0 radical (unpaired) electrons. The minimum atomic E-state index is -3.98. The molecule has 176 valence electrons. The van der Waals surface area contributed by atoms with Crippen LogP contribution in [0.3, 0.4) is 0 Å². The molecule has 0 bridgehead atoms. The van der Waals surface area contributed by atoms with E-state index in [1.165, 1.54) is 34.6 Å². The van der Waals surface area contributed by atoms with Gasteiger partial charge in [0.2, 0.25) is 0 Å². The van der Waals surface area contributed by atoms with Crippen molar-refractivity contribution in [2.24, 2.45) is 4.99 Å². The van der Waals surface area contributed by atoms with Crippen LogP contribution >= 0.6 is 34.8 Å². The van der Waals surface area contributed by atoms with Crippen LogP contribution in [0.1, 0.15) is 37.6 Å². The molecular weight excluding hydrogens is 505 g/mol. The highest BCUT2D eigenvalue weighted by atomic mass is 35.5. The summed E-state index contributed by atoms with van der Waals surface area (Å²) in [5.74, 6) is -0.413. The number of hydrogen-bond donors (Lipinski definition) is 1. The second-order valence-electron chi connectivity index (χ2n) is 7.11. The fraction of sp³-hybridized carbons (Fsp3) is 0.217. The number of allylic oxidation sites excluding steroid dienone is 1. The molecule has 0 atom stereocenters. The maximum Gasteiger partial charge on any atom is 0.265 e. The number of carbonyl (C=O) groups excluding carboxylic acids is 1. The maximum absolute atomic E-state index is 13.4. The molecule has 2 aromatic carbocycles. The van der Waals surface area contributed by atoms with Crippen molar-refractivity contribution in [3.05, 3.63) is 87.1 Å². The smallest absolute Gasteiger partial charge is 0.265 e. The molecule has 0 saturated carbocycles. The van der Waals surface area contributed by atoms with Crippen molar-refractivity contribution in [3.8, 4) is 0 Å². The average molecular weight is 529 g/mol. The summed E-state index contributed by atoms with van der Waals surface area (Å²) in [6.07, 6.45) is 1.83. The van der Waals surface area contributed by atoms with Crippen LogP contribution in [0.25, 0.3) is 0 Å². The molecule has 10 heteroatoms. The second kappa shape index (κ2) is 11.7. The van der Waals surface area contributed by atoms with Gasteiger partial charge in [-0.2, -0.15) is 0 Å². The Labute approximate surface area is 209 Å². The summed E-state index contributed by atoms with van der Waals surface area (Å²) in [4.78, 5) is 17.2. The minimum Gasteiger partial charge on any atom is -0.306 e. The summed E-state index contributed by atoms with van der Waals surface area (Å²) in [5, 5.41) is 3.23. The van der Waals surface area contributed by atoms with E-state index in [4.69, 9.17) is 34.8 Å². The normalized spacial score (nSPS) is 11.6. The van der Waals surface area contributed by atoms with Gasteiger partial charge in [-0.25, -0.2) is 17.7 Å². The lowest BCUT2D eigenvalue weighted by Crippen LogP contribution is -2.34. The average Bonchev–Trinajstić information content (AvgIpc) is 2.74. The third-order valence-electron chi connectivity index (χ3n) is 4.35. The molecule has 2 rings (SSSR count). The van der Waals surface area contributed by atoms with Crippen LogP contribution in [0.2, 0.25) is 15.1 Å². The number of hydrogen-bond acceptors (Lipinski definition) is 4. The highest BCUT2D eigenvalue weighted by Gasteiger charge is 2.27. The van der Waals surface area contributed by atoms with Gasteiger partial charge >= 0.3 is 0 Å². The number of aliphatic imine (C=N–C) groups is 1. The predicted octanol–water partition coefficient (Wildman–Crippen LogP) is 6.31. The predicted molar refractivity (Wildman–Crippen MR) is 136 cm³/mol. The van der Waals surface area contributed by atoms with Crippen molar-refractivity contribution in [1.82, 2.24) is 9.62 Å². The molecule has 33 heavy (non-hydrogen) atoms. The molecule has 1 amide bonds. The van der Waals surface area contributed by atoms with E-state index >= 15 is 0 Å². The fourth-order valence-corrected chi connectivity index (χ4v) is 5.33. The standard InChI is InChI=1S/C23H24Cl3N3O3S/c1-5-13-29(33(31,32)17-10-7-9-16(24)14-17)22(15(3)4)27-20(6-2)28-23(30)21-18(25)11-8-12-19(21)26/h6-12,14H,2,5,13H2,1,3-4H3,(H,27,28,30). The Balaban J connectivity index is 2.52. The highest BCUT2D eigenvalue weighted by Crippen LogP contribution is 2.26. The zero-order valence-corrected chi connectivity index (χ0v) is 21.5. The van der Waals surface area contributed by atoms with Crippen LogP contribution in [0.4, 0.5) is 0 Å². The first kappa shape index (κ1) is 26.9. The Morgan fingerprint density at radius 1 is 1.12 bits per heavy atom. The van der Waals surface area contributed by atoms with E-state index in [1.54, 1.807) is 32.0 Å². The summed E-state index contributed by atoms with van der Waals surface area (Å²) in [6, 6.07) is 10.7. The summed E-state index contributed by atoms with van der Waals surface area (Å²) in [6.45, 7) is 9.14. The Morgan fingerprint density at radius 3 is 2.24 bits per heavy atom. The number of halogens is 3. The van der Waals surface area contributed by atoms with E-state index in [0.29, 0.717) is 17.0 Å². The van der Waals surface area contributed by atoms with Gasteiger partial charge in [0.05, 0.1) is 20.5 Å². The van der Waals surface area contributed by atoms with E-state index in [1.807, 2.05) is 6.92 Å². The van der Waals surface area contributed by atoms with Crippen molar-refractivity contribution in [1.29, 1.82) is 0 Å². The van der Waals surface area contributed by atoms with Crippen molar-refractivity contribution in [2.45, 2.75) is 32.1 Å². The molecule has 0 spiro atoms. The van der Waals surface area contributed by atoms with Gasteiger partial charge in [-0.1, -0.05) is 60.4 Å². The van der Waals surface area contributed by atoms with E-state index < -0.39 is 15.9 Å². The monoisotopic (exact) mass is 527 g/mol. The summed E-state index contributed by atoms with van der Waals surface area (Å²) < 4.78 is 28.1. The quantitative estimate of drug-likeness (QED) is 0.322. The SMILES string of the molecule is C=C/C(=N\C(=C(C)C)N(CCC)S(=O)(=O)c1cccc(Cl)c1)NC(=O)c1c(Cl)cccc1Cl. The summed E-state index contributed by atoms with van der Waals surface area (Å²) in [5.41, 5.74) is 0.685. The molecule has 1 N–H and O–H groups in total. The van der Waals surface area contributed by atoms with Crippen LogP contribution < -0.4 is 5.32 Å². The van der Waals surface area contributed by atoms with Crippen molar-refractivity contribution in [3.63, 3.8) is 0 Å². The van der Waals surface area contributed by atoms with Crippen molar-refractivity contribution < 1.29 is 13.2 Å². The van der Waals surface area contributed by atoms with E-state index in [-0.39, 0.29) is 38.7 Å². The Kier molecular flexibility index (Phi) is 9.55. The second-order valence-corrected chi connectivity index (χ2v) is 10.2. The van der Waals surface area contributed by atoms with E-state index in [0.717, 1.165) is 0 Å². The Hall–Kier alpha value is -2.32. The molecule has 0 aromatic heterocycles. The van der Waals surface area contributed by atoms with Crippen LogP contribution in [0.5, 0.6) is 0 Å². The maximum atomic E-state index is 13.4. The third-order valence-corrected chi connectivity index (χ3v) is 7.00. The Morgan fingerprint density at radius 2 is 1.73 bits per heavy atom. The molecule has 6 nitrogen and oxygen atoms in total. The van der Waals surface area contributed by atoms with Gasteiger partial charge in [-0.3, -0.25) is 4.79 Å².